The van der Waals surface area contributed by atoms with E-state index in [0.717, 1.165) is 12.8 Å². The summed E-state index contributed by atoms with van der Waals surface area (Å²) in [5.41, 5.74) is 1.37. The molecule has 0 aliphatic heterocycles. The Morgan fingerprint density at radius 2 is 1.83 bits per heavy atom. The van der Waals surface area contributed by atoms with Crippen molar-refractivity contribution < 1.29 is 56.2 Å². The van der Waals surface area contributed by atoms with Crippen LogP contribution in [-0.2, 0) is 4.79 Å². The Bertz CT molecular complexity index is 109. The third-order valence-electron chi connectivity index (χ3n) is 1.62. The third kappa shape index (κ3) is 11.1. The van der Waals surface area contributed by atoms with Gasteiger partial charge in [0.1, 0.15) is 0 Å². The summed E-state index contributed by atoms with van der Waals surface area (Å²) in [6.07, 6.45) is 5.87. The predicted molar refractivity (Wildman–Crippen MR) is 44.9 cm³/mol. The number of amides is 1. The molecule has 0 aromatic carbocycles. The third-order valence-corrected chi connectivity index (χ3v) is 1.62. The van der Waals surface area contributed by atoms with Gasteiger partial charge in [-0.25, -0.2) is 0 Å². The number of hydrogen-bond acceptors (Lipinski definition) is 2. The minimum atomic E-state index is -0.388. The molecule has 0 aromatic heterocycles. The second kappa shape index (κ2) is 12.1. The van der Waals surface area contributed by atoms with Crippen LogP contribution in [0.5, 0.6) is 0 Å². The summed E-state index contributed by atoms with van der Waals surface area (Å²) in [7, 11) is 0. The maximum Gasteiger partial charge on any atom is 1.00 e. The van der Waals surface area contributed by atoms with Gasteiger partial charge in [-0.15, -0.1) is 0 Å². The van der Waals surface area contributed by atoms with Crippen LogP contribution < -0.4 is 56.9 Å². The first-order valence-electron chi connectivity index (χ1n) is 4.22. The Labute approximate surface area is 117 Å². The van der Waals surface area contributed by atoms with E-state index in [1.165, 1.54) is 24.7 Å². The van der Waals surface area contributed by atoms with Crippen molar-refractivity contribution in [2.45, 2.75) is 45.4 Å². The van der Waals surface area contributed by atoms with Crippen LogP contribution in [0, 0.1) is 5.21 Å². The first-order valence-corrected chi connectivity index (χ1v) is 4.22. The maximum atomic E-state index is 10.4. The van der Waals surface area contributed by atoms with E-state index in [2.05, 4.69) is 6.92 Å². The molecule has 12 heavy (non-hydrogen) atoms. The average molecular weight is 197 g/mol. The maximum absolute atomic E-state index is 10.4. The molecule has 0 aromatic rings. The van der Waals surface area contributed by atoms with Gasteiger partial charge in [-0.2, -0.15) is 0 Å². The molecular formula is C8H16KNO2. The van der Waals surface area contributed by atoms with Gasteiger partial charge in [0.15, 0.2) is 0 Å². The normalized spacial score (nSPS) is 8.83. The van der Waals surface area contributed by atoms with Gasteiger partial charge >= 0.3 is 51.4 Å². The molecule has 0 rings (SSSR count). The molecule has 0 radical (unpaired) electrons. The van der Waals surface area contributed by atoms with Crippen molar-refractivity contribution >= 4 is 5.91 Å². The summed E-state index contributed by atoms with van der Waals surface area (Å²) in [4.78, 5) is 10.4. The Balaban J connectivity index is 0. The summed E-state index contributed by atoms with van der Waals surface area (Å²) in [6, 6.07) is 0. The van der Waals surface area contributed by atoms with E-state index in [-0.39, 0.29) is 57.3 Å². The van der Waals surface area contributed by atoms with Gasteiger partial charge < -0.3 is 10.7 Å². The van der Waals surface area contributed by atoms with Crippen LogP contribution in [-0.4, -0.2) is 5.91 Å². The smallest absolute Gasteiger partial charge is 0.759 e. The van der Waals surface area contributed by atoms with E-state index < -0.39 is 0 Å². The molecule has 0 saturated heterocycles. The topological polar surface area (TPSA) is 52.2 Å². The molecule has 3 nitrogen and oxygen atoms in total. The number of hydrogen-bond donors (Lipinski definition) is 1. The van der Waals surface area contributed by atoms with Gasteiger partial charge in [-0.3, -0.25) is 4.79 Å². The van der Waals surface area contributed by atoms with Crippen molar-refractivity contribution in [3.8, 4) is 0 Å². The molecule has 1 N–H and O–H groups in total. The van der Waals surface area contributed by atoms with Gasteiger partial charge in [0.2, 0.25) is 5.91 Å². The largest absolute Gasteiger partial charge is 1.00 e. The molecule has 0 atom stereocenters. The molecule has 4 heteroatoms. The van der Waals surface area contributed by atoms with Crippen LogP contribution in [0.3, 0.4) is 0 Å². The fourth-order valence-corrected chi connectivity index (χ4v) is 0.940. The van der Waals surface area contributed by atoms with Gasteiger partial charge in [-0.1, -0.05) is 32.6 Å². The van der Waals surface area contributed by atoms with Crippen LogP contribution in [0.4, 0.5) is 0 Å². The van der Waals surface area contributed by atoms with Gasteiger partial charge in [0.05, 0.1) is 0 Å². The molecule has 0 aliphatic carbocycles. The zero-order chi connectivity index (χ0) is 8.53. The van der Waals surface area contributed by atoms with Gasteiger partial charge in [0, 0.05) is 6.42 Å². The number of carbonyl (C=O) groups excluding carboxylic acids is 1. The zero-order valence-corrected chi connectivity index (χ0v) is 11.2. The molecule has 0 unspecified atom stereocenters. The predicted octanol–water partition coefficient (Wildman–Crippen LogP) is -1.04. The fourth-order valence-electron chi connectivity index (χ4n) is 0.940. The summed E-state index contributed by atoms with van der Waals surface area (Å²) < 4.78 is 0. The average Bonchev–Trinajstić information content (AvgIpc) is 2.04. The molecule has 0 aliphatic rings. The van der Waals surface area contributed by atoms with E-state index >= 15 is 0 Å². The molecule has 0 saturated carbocycles. The first-order chi connectivity index (χ1) is 5.31. The van der Waals surface area contributed by atoms with Crippen molar-refractivity contribution in [2.75, 3.05) is 0 Å². The van der Waals surface area contributed by atoms with Gasteiger partial charge in [-0.05, 0) is 6.42 Å². The quantitative estimate of drug-likeness (QED) is 0.336. The molecule has 0 heterocycles. The molecule has 66 valence electrons. The molecule has 0 bridgehead atoms. The minimum Gasteiger partial charge on any atom is -0.759 e. The fraction of sp³-hybridized carbons (Fsp3) is 0.875. The molecule has 1 amide bonds. The monoisotopic (exact) mass is 197 g/mol. The number of carbonyl (C=O) groups is 1. The second-order valence-corrected chi connectivity index (χ2v) is 2.69. The molecule has 0 fully saturated rings. The first kappa shape index (κ1) is 15.5. The number of hydroxylamine groups is 1. The van der Waals surface area contributed by atoms with Crippen molar-refractivity contribution in [2.24, 2.45) is 0 Å². The van der Waals surface area contributed by atoms with Crippen molar-refractivity contribution in [3.05, 3.63) is 5.21 Å². The Hall–Kier alpha value is 1.07. The van der Waals surface area contributed by atoms with Gasteiger partial charge in [0.25, 0.3) is 0 Å². The van der Waals surface area contributed by atoms with Crippen LogP contribution >= 0.6 is 0 Å². The van der Waals surface area contributed by atoms with Crippen LogP contribution in [0.15, 0.2) is 0 Å². The number of rotatable bonds is 6. The van der Waals surface area contributed by atoms with Crippen LogP contribution in [0.2, 0.25) is 0 Å². The second-order valence-electron chi connectivity index (χ2n) is 2.69. The van der Waals surface area contributed by atoms with E-state index in [9.17, 15) is 10.0 Å². The zero-order valence-electron chi connectivity index (χ0n) is 8.06. The Morgan fingerprint density at radius 1 is 1.25 bits per heavy atom. The standard InChI is InChI=1S/C8H16NO2.K/c1-2-3-4-5-6-7-8(10)9-11;/h2-7H2,1H3,(H-,9,10,11);/q-1;+1. The summed E-state index contributed by atoms with van der Waals surface area (Å²) in [6.45, 7) is 2.14. The summed E-state index contributed by atoms with van der Waals surface area (Å²) in [5.74, 6) is -0.388. The van der Waals surface area contributed by atoms with Crippen molar-refractivity contribution in [1.82, 2.24) is 5.48 Å². The Morgan fingerprint density at radius 3 is 2.33 bits per heavy atom. The minimum absolute atomic E-state index is 0. The van der Waals surface area contributed by atoms with Crippen molar-refractivity contribution in [1.29, 1.82) is 0 Å². The van der Waals surface area contributed by atoms with Crippen LogP contribution in [0.1, 0.15) is 45.4 Å². The van der Waals surface area contributed by atoms with E-state index in [0.29, 0.717) is 6.42 Å². The van der Waals surface area contributed by atoms with E-state index in [1.807, 2.05) is 0 Å². The number of unbranched alkanes of at least 4 members (excludes halogenated alkanes) is 4. The van der Waals surface area contributed by atoms with Crippen molar-refractivity contribution in [3.63, 3.8) is 0 Å². The van der Waals surface area contributed by atoms with E-state index in [1.54, 1.807) is 0 Å². The SMILES string of the molecule is CCCCCCCC(=O)N[O-].[K+]. The number of nitrogens with one attached hydrogen (secondary N) is 1. The summed E-state index contributed by atoms with van der Waals surface area (Å²) >= 11 is 0. The van der Waals surface area contributed by atoms with Crippen LogP contribution in [0.25, 0.3) is 0 Å². The molecular weight excluding hydrogens is 181 g/mol. The molecule has 0 spiro atoms. The van der Waals surface area contributed by atoms with E-state index in [4.69, 9.17) is 0 Å². The summed E-state index contributed by atoms with van der Waals surface area (Å²) in [5, 5.41) is 9.75. The Kier molecular flexibility index (Phi) is 15.6.